The second kappa shape index (κ2) is 7.96. The SMILES string of the molecule is CCOc1ccc(C(=O)N=c2sc3cc4c(cc3n2CC(=O)OC)OCO4)cc1. The minimum atomic E-state index is -0.447. The van der Waals surface area contributed by atoms with Gasteiger partial charge in [0.25, 0.3) is 5.91 Å². The van der Waals surface area contributed by atoms with Crippen LogP contribution in [-0.2, 0) is 16.1 Å². The first-order chi connectivity index (χ1) is 14.1. The average molecular weight is 414 g/mol. The number of carbonyl (C=O) groups is 2. The summed E-state index contributed by atoms with van der Waals surface area (Å²) in [5, 5.41) is 0. The van der Waals surface area contributed by atoms with Crippen molar-refractivity contribution in [3.05, 3.63) is 46.8 Å². The highest BCUT2D eigenvalue weighted by atomic mass is 32.1. The highest BCUT2D eigenvalue weighted by molar-refractivity contribution is 7.16. The van der Waals surface area contributed by atoms with Crippen LogP contribution in [0.4, 0.5) is 0 Å². The van der Waals surface area contributed by atoms with Crippen molar-refractivity contribution in [2.45, 2.75) is 13.5 Å². The fourth-order valence-corrected chi connectivity index (χ4v) is 3.94. The van der Waals surface area contributed by atoms with Crippen molar-refractivity contribution in [3.63, 3.8) is 0 Å². The van der Waals surface area contributed by atoms with Gasteiger partial charge in [0.15, 0.2) is 16.3 Å². The van der Waals surface area contributed by atoms with Crippen molar-refractivity contribution in [2.75, 3.05) is 20.5 Å². The van der Waals surface area contributed by atoms with Crippen LogP contribution in [0.25, 0.3) is 10.2 Å². The van der Waals surface area contributed by atoms with Gasteiger partial charge in [-0.1, -0.05) is 11.3 Å². The maximum absolute atomic E-state index is 12.7. The van der Waals surface area contributed by atoms with Gasteiger partial charge < -0.3 is 23.5 Å². The average Bonchev–Trinajstić information content (AvgIpc) is 3.31. The third kappa shape index (κ3) is 3.81. The zero-order valence-electron chi connectivity index (χ0n) is 15.8. The van der Waals surface area contributed by atoms with Gasteiger partial charge in [0.1, 0.15) is 12.3 Å². The topological polar surface area (TPSA) is 88.4 Å². The van der Waals surface area contributed by atoms with Gasteiger partial charge in [-0.25, -0.2) is 0 Å². The van der Waals surface area contributed by atoms with E-state index in [9.17, 15) is 9.59 Å². The molecule has 4 rings (SSSR count). The number of ether oxygens (including phenoxy) is 4. The third-order valence-electron chi connectivity index (χ3n) is 4.30. The minimum absolute atomic E-state index is 0.0778. The van der Waals surface area contributed by atoms with Crippen LogP contribution in [0.5, 0.6) is 17.2 Å². The fraction of sp³-hybridized carbons (Fsp3) is 0.250. The number of fused-ring (bicyclic) bond motifs is 2. The van der Waals surface area contributed by atoms with Crippen molar-refractivity contribution in [2.24, 2.45) is 4.99 Å². The molecule has 0 saturated heterocycles. The highest BCUT2D eigenvalue weighted by Crippen LogP contribution is 2.37. The van der Waals surface area contributed by atoms with E-state index in [0.717, 1.165) is 4.70 Å². The number of esters is 1. The van der Waals surface area contributed by atoms with Crippen LogP contribution in [0.3, 0.4) is 0 Å². The van der Waals surface area contributed by atoms with E-state index in [2.05, 4.69) is 4.99 Å². The number of hydrogen-bond acceptors (Lipinski definition) is 7. The zero-order chi connectivity index (χ0) is 20.4. The standard InChI is InChI=1S/C20H18N2O6S/c1-3-26-13-6-4-12(5-7-13)19(24)21-20-22(10-18(23)25-2)14-8-15-16(28-11-27-15)9-17(14)29-20/h4-9H,3,10-11H2,1-2H3. The zero-order valence-corrected chi connectivity index (χ0v) is 16.7. The molecule has 9 heteroatoms. The summed E-state index contributed by atoms with van der Waals surface area (Å²) in [6, 6.07) is 10.3. The molecule has 1 aromatic heterocycles. The van der Waals surface area contributed by atoms with Crippen LogP contribution in [-0.4, -0.2) is 37.0 Å². The van der Waals surface area contributed by atoms with E-state index in [-0.39, 0.29) is 13.3 Å². The predicted molar refractivity (Wildman–Crippen MR) is 105 cm³/mol. The van der Waals surface area contributed by atoms with Gasteiger partial charge in [0, 0.05) is 17.7 Å². The highest BCUT2D eigenvalue weighted by Gasteiger charge is 2.19. The molecule has 150 valence electrons. The number of thiazole rings is 1. The molecule has 29 heavy (non-hydrogen) atoms. The first-order valence-corrected chi connectivity index (χ1v) is 9.72. The molecule has 3 aromatic rings. The molecule has 1 aliphatic heterocycles. The van der Waals surface area contributed by atoms with Gasteiger partial charge >= 0.3 is 5.97 Å². The van der Waals surface area contributed by atoms with Crippen molar-refractivity contribution in [1.82, 2.24) is 4.57 Å². The van der Waals surface area contributed by atoms with E-state index in [1.54, 1.807) is 34.9 Å². The number of methoxy groups -OCH3 is 1. The van der Waals surface area contributed by atoms with E-state index in [0.29, 0.717) is 39.7 Å². The van der Waals surface area contributed by atoms with Crippen LogP contribution in [0.15, 0.2) is 41.4 Å². The molecule has 2 aromatic carbocycles. The number of nitrogens with zero attached hydrogens (tertiary/aromatic N) is 2. The van der Waals surface area contributed by atoms with E-state index in [1.165, 1.54) is 18.4 Å². The number of hydrogen-bond donors (Lipinski definition) is 0. The molecule has 0 unspecified atom stereocenters. The Kier molecular flexibility index (Phi) is 5.22. The lowest BCUT2D eigenvalue weighted by atomic mass is 10.2. The predicted octanol–water partition coefficient (Wildman–Crippen LogP) is 2.74. The molecular weight excluding hydrogens is 396 g/mol. The Morgan fingerprint density at radius 3 is 2.59 bits per heavy atom. The molecule has 0 atom stereocenters. The van der Waals surface area contributed by atoms with E-state index < -0.39 is 11.9 Å². The molecule has 0 spiro atoms. The maximum Gasteiger partial charge on any atom is 0.325 e. The van der Waals surface area contributed by atoms with Gasteiger partial charge in [-0.15, -0.1) is 0 Å². The fourth-order valence-electron chi connectivity index (χ4n) is 2.90. The first-order valence-electron chi connectivity index (χ1n) is 8.90. The van der Waals surface area contributed by atoms with Gasteiger partial charge in [0.05, 0.1) is 23.9 Å². The molecule has 1 aliphatic rings. The summed E-state index contributed by atoms with van der Waals surface area (Å²) in [6.45, 7) is 2.51. The Labute approximate surface area is 169 Å². The monoisotopic (exact) mass is 414 g/mol. The Morgan fingerprint density at radius 2 is 1.90 bits per heavy atom. The Hall–Kier alpha value is -3.33. The summed E-state index contributed by atoms with van der Waals surface area (Å²) in [5.74, 6) is 1.02. The Bertz CT molecular complexity index is 1150. The quantitative estimate of drug-likeness (QED) is 0.597. The Morgan fingerprint density at radius 1 is 1.17 bits per heavy atom. The van der Waals surface area contributed by atoms with Crippen molar-refractivity contribution in [3.8, 4) is 17.2 Å². The van der Waals surface area contributed by atoms with Gasteiger partial charge in [-0.2, -0.15) is 4.99 Å². The smallest absolute Gasteiger partial charge is 0.325 e. The van der Waals surface area contributed by atoms with Crippen LogP contribution < -0.4 is 19.0 Å². The molecule has 0 N–H and O–H groups in total. The lowest BCUT2D eigenvalue weighted by Crippen LogP contribution is -2.22. The van der Waals surface area contributed by atoms with E-state index in [4.69, 9.17) is 18.9 Å². The molecule has 0 fully saturated rings. The molecule has 0 aliphatic carbocycles. The first kappa shape index (κ1) is 19.0. The number of benzene rings is 2. The van der Waals surface area contributed by atoms with E-state index in [1.807, 2.05) is 13.0 Å². The summed E-state index contributed by atoms with van der Waals surface area (Å²) >= 11 is 1.28. The van der Waals surface area contributed by atoms with E-state index >= 15 is 0 Å². The summed E-state index contributed by atoms with van der Waals surface area (Å²) in [7, 11) is 1.31. The number of amides is 1. The second-order valence-corrected chi connectivity index (χ2v) is 7.10. The second-order valence-electron chi connectivity index (χ2n) is 6.09. The molecular formula is C20H18N2O6S. The molecule has 8 nitrogen and oxygen atoms in total. The third-order valence-corrected chi connectivity index (χ3v) is 5.34. The minimum Gasteiger partial charge on any atom is -0.494 e. The molecule has 0 radical (unpaired) electrons. The summed E-state index contributed by atoms with van der Waals surface area (Å²) in [5.41, 5.74) is 1.13. The Balaban J connectivity index is 1.77. The van der Waals surface area contributed by atoms with Crippen LogP contribution in [0.2, 0.25) is 0 Å². The summed E-state index contributed by atoms with van der Waals surface area (Å²) in [6.07, 6.45) is 0. The maximum atomic E-state index is 12.7. The van der Waals surface area contributed by atoms with Crippen LogP contribution in [0.1, 0.15) is 17.3 Å². The number of carbonyl (C=O) groups excluding carboxylic acids is 2. The van der Waals surface area contributed by atoms with Crippen LogP contribution in [0, 0.1) is 0 Å². The van der Waals surface area contributed by atoms with Crippen molar-refractivity contribution in [1.29, 1.82) is 0 Å². The van der Waals surface area contributed by atoms with Gasteiger partial charge in [0.2, 0.25) is 6.79 Å². The molecule has 0 bridgehead atoms. The van der Waals surface area contributed by atoms with Crippen LogP contribution >= 0.6 is 11.3 Å². The lowest BCUT2D eigenvalue weighted by molar-refractivity contribution is -0.141. The molecule has 2 heterocycles. The van der Waals surface area contributed by atoms with Gasteiger partial charge in [-0.3, -0.25) is 9.59 Å². The summed E-state index contributed by atoms with van der Waals surface area (Å²) in [4.78, 5) is 29.2. The molecule has 1 amide bonds. The lowest BCUT2D eigenvalue weighted by Gasteiger charge is -2.05. The summed E-state index contributed by atoms with van der Waals surface area (Å²) < 4.78 is 23.5. The number of rotatable bonds is 5. The van der Waals surface area contributed by atoms with Crippen molar-refractivity contribution >= 4 is 33.4 Å². The normalized spacial score (nSPS) is 13.0. The van der Waals surface area contributed by atoms with Gasteiger partial charge in [-0.05, 0) is 31.2 Å². The van der Waals surface area contributed by atoms with Crippen molar-refractivity contribution < 1.29 is 28.5 Å². The molecule has 0 saturated carbocycles. The largest absolute Gasteiger partial charge is 0.494 e. The number of aromatic nitrogens is 1.